The summed E-state index contributed by atoms with van der Waals surface area (Å²) in [6.07, 6.45) is 0. The average molecular weight is 302 g/mol. The van der Waals surface area contributed by atoms with Gasteiger partial charge >= 0.3 is 5.97 Å². The van der Waals surface area contributed by atoms with Crippen molar-refractivity contribution < 1.29 is 9.53 Å². The highest BCUT2D eigenvalue weighted by molar-refractivity contribution is 6.31. The van der Waals surface area contributed by atoms with Gasteiger partial charge in [0.2, 0.25) is 0 Å². The molecule has 0 aromatic heterocycles. The quantitative estimate of drug-likeness (QED) is 0.865. The largest absolute Gasteiger partial charge is 0.465 e. The number of hydrogen-bond acceptors (Lipinski definition) is 3. The number of carbonyl (C=O) groups excluding carboxylic acids is 1. The van der Waals surface area contributed by atoms with E-state index < -0.39 is 0 Å². The molecule has 4 heteroatoms. The summed E-state index contributed by atoms with van der Waals surface area (Å²) in [5, 5.41) is 4.05. The molecule has 108 valence electrons. The summed E-state index contributed by atoms with van der Waals surface area (Å²) in [5.74, 6) is -0.596. The highest BCUT2D eigenvalue weighted by Gasteiger charge is 2.39. The van der Waals surface area contributed by atoms with E-state index in [0.717, 1.165) is 16.8 Å². The number of nitrogens with one attached hydrogen (secondary N) is 1. The molecule has 0 amide bonds. The van der Waals surface area contributed by atoms with Crippen molar-refractivity contribution in [3.05, 3.63) is 64.7 Å². The van der Waals surface area contributed by atoms with Crippen LogP contribution in [0, 0.1) is 0 Å². The Bertz CT molecular complexity index is 671. The number of benzene rings is 2. The summed E-state index contributed by atoms with van der Waals surface area (Å²) in [7, 11) is 0. The Balaban J connectivity index is 2.05. The number of rotatable bonds is 3. The van der Waals surface area contributed by atoms with Gasteiger partial charge in [-0.25, -0.2) is 0 Å². The third-order valence-electron chi connectivity index (χ3n) is 3.72. The molecule has 0 spiro atoms. The van der Waals surface area contributed by atoms with E-state index >= 15 is 0 Å². The standard InChI is InChI=1S/C17H16ClNO2/c1-2-21-17(20)15-12-8-4-6-10-14(12)19-16(15)11-7-3-5-9-13(11)18/h3-10,15-16,19H,2H2,1H3/t15-,16-/m1/s1. The monoisotopic (exact) mass is 301 g/mol. The van der Waals surface area contributed by atoms with E-state index in [1.54, 1.807) is 0 Å². The zero-order chi connectivity index (χ0) is 14.8. The molecule has 1 heterocycles. The van der Waals surface area contributed by atoms with Gasteiger partial charge in [-0.05, 0) is 30.2 Å². The maximum atomic E-state index is 12.4. The van der Waals surface area contributed by atoms with Gasteiger partial charge < -0.3 is 10.1 Å². The number of ether oxygens (including phenoxy) is 1. The third-order valence-corrected chi connectivity index (χ3v) is 4.07. The van der Waals surface area contributed by atoms with Crippen molar-refractivity contribution in [2.24, 2.45) is 0 Å². The van der Waals surface area contributed by atoms with Gasteiger partial charge in [0.05, 0.1) is 12.6 Å². The lowest BCUT2D eigenvalue weighted by Crippen LogP contribution is -2.22. The smallest absolute Gasteiger partial charge is 0.315 e. The number of fused-ring (bicyclic) bond motifs is 1. The van der Waals surface area contributed by atoms with Crippen LogP contribution in [0.2, 0.25) is 5.02 Å². The van der Waals surface area contributed by atoms with Gasteiger partial charge in [0.25, 0.3) is 0 Å². The van der Waals surface area contributed by atoms with Gasteiger partial charge in [-0.2, -0.15) is 0 Å². The summed E-state index contributed by atoms with van der Waals surface area (Å²) < 4.78 is 5.25. The van der Waals surface area contributed by atoms with Gasteiger partial charge in [-0.1, -0.05) is 48.0 Å². The van der Waals surface area contributed by atoms with Gasteiger partial charge in [-0.3, -0.25) is 4.79 Å². The maximum Gasteiger partial charge on any atom is 0.315 e. The molecule has 2 aromatic rings. The zero-order valence-electron chi connectivity index (χ0n) is 11.7. The van der Waals surface area contributed by atoms with Crippen LogP contribution in [-0.4, -0.2) is 12.6 Å². The number of esters is 1. The summed E-state index contributed by atoms with van der Waals surface area (Å²) in [6.45, 7) is 2.18. The summed E-state index contributed by atoms with van der Waals surface area (Å²) >= 11 is 6.30. The molecule has 2 atom stereocenters. The molecule has 3 nitrogen and oxygen atoms in total. The maximum absolute atomic E-state index is 12.4. The normalized spacial score (nSPS) is 19.7. The lowest BCUT2D eigenvalue weighted by Gasteiger charge is -2.20. The van der Waals surface area contributed by atoms with Crippen molar-refractivity contribution in [2.45, 2.75) is 18.9 Å². The van der Waals surface area contributed by atoms with Gasteiger partial charge in [-0.15, -0.1) is 0 Å². The molecule has 0 unspecified atom stereocenters. The lowest BCUT2D eigenvalue weighted by atomic mass is 9.90. The van der Waals surface area contributed by atoms with Gasteiger partial charge in [0, 0.05) is 10.7 Å². The number of hydrogen-bond donors (Lipinski definition) is 1. The van der Waals surface area contributed by atoms with Crippen LogP contribution in [0.4, 0.5) is 5.69 Å². The second-order valence-electron chi connectivity index (χ2n) is 4.96. The summed E-state index contributed by atoms with van der Waals surface area (Å²) in [5.41, 5.74) is 2.83. The van der Waals surface area contributed by atoms with Gasteiger partial charge in [0.15, 0.2) is 0 Å². The summed E-state index contributed by atoms with van der Waals surface area (Å²) in [6, 6.07) is 15.2. The van der Waals surface area contributed by atoms with E-state index in [2.05, 4.69) is 5.32 Å². The number of halogens is 1. The van der Waals surface area contributed by atoms with Crippen molar-refractivity contribution in [3.63, 3.8) is 0 Å². The number of anilines is 1. The van der Waals surface area contributed by atoms with E-state index in [1.807, 2.05) is 55.5 Å². The molecule has 1 N–H and O–H groups in total. The minimum atomic E-state index is -0.374. The molecule has 0 saturated carbocycles. The number of para-hydroxylation sites is 1. The van der Waals surface area contributed by atoms with E-state index in [1.165, 1.54) is 0 Å². The molecule has 21 heavy (non-hydrogen) atoms. The second kappa shape index (κ2) is 5.78. The first-order valence-electron chi connectivity index (χ1n) is 6.99. The zero-order valence-corrected chi connectivity index (χ0v) is 12.4. The highest BCUT2D eigenvalue weighted by Crippen LogP contribution is 2.46. The van der Waals surface area contributed by atoms with E-state index in [0.29, 0.717) is 11.6 Å². The van der Waals surface area contributed by atoms with Crippen LogP contribution >= 0.6 is 11.6 Å². The van der Waals surface area contributed by atoms with Crippen LogP contribution in [0.25, 0.3) is 0 Å². The fourth-order valence-corrected chi connectivity index (χ4v) is 3.06. The molecular weight excluding hydrogens is 286 g/mol. The topological polar surface area (TPSA) is 38.3 Å². The van der Waals surface area contributed by atoms with Crippen LogP contribution in [0.5, 0.6) is 0 Å². The van der Waals surface area contributed by atoms with E-state index in [4.69, 9.17) is 16.3 Å². The number of carbonyl (C=O) groups is 1. The molecule has 0 aliphatic carbocycles. The van der Waals surface area contributed by atoms with Crippen LogP contribution in [0.3, 0.4) is 0 Å². The molecular formula is C17H16ClNO2. The molecule has 0 fully saturated rings. The second-order valence-corrected chi connectivity index (χ2v) is 5.37. The first-order chi connectivity index (χ1) is 10.2. The Labute approximate surface area is 128 Å². The SMILES string of the molecule is CCOC(=O)[C@@H]1c2ccccc2N[C@@H]1c1ccccc1Cl. The van der Waals surface area contributed by atoms with Crippen LogP contribution in [-0.2, 0) is 9.53 Å². The Morgan fingerprint density at radius 1 is 1.14 bits per heavy atom. The first kappa shape index (κ1) is 14.0. The van der Waals surface area contributed by atoms with E-state index in [9.17, 15) is 4.79 Å². The van der Waals surface area contributed by atoms with Crippen molar-refractivity contribution in [3.8, 4) is 0 Å². The Morgan fingerprint density at radius 3 is 2.52 bits per heavy atom. The van der Waals surface area contributed by atoms with Crippen LogP contribution in [0.1, 0.15) is 30.0 Å². The Hall–Kier alpha value is -2.00. The fourth-order valence-electron chi connectivity index (χ4n) is 2.81. The van der Waals surface area contributed by atoms with E-state index in [-0.39, 0.29) is 17.9 Å². The van der Waals surface area contributed by atoms with Crippen LogP contribution < -0.4 is 5.32 Å². The molecule has 0 saturated heterocycles. The van der Waals surface area contributed by atoms with Crippen molar-refractivity contribution in [2.75, 3.05) is 11.9 Å². The summed E-state index contributed by atoms with van der Waals surface area (Å²) in [4.78, 5) is 12.4. The first-order valence-corrected chi connectivity index (χ1v) is 7.36. The third kappa shape index (κ3) is 2.49. The molecule has 0 bridgehead atoms. The van der Waals surface area contributed by atoms with Gasteiger partial charge in [0.1, 0.15) is 5.92 Å². The highest BCUT2D eigenvalue weighted by atomic mass is 35.5. The van der Waals surface area contributed by atoms with Crippen molar-refractivity contribution in [1.29, 1.82) is 0 Å². The Morgan fingerprint density at radius 2 is 1.81 bits per heavy atom. The minimum absolute atomic E-state index is 0.199. The predicted octanol–water partition coefficient (Wildman–Crippen LogP) is 4.15. The van der Waals surface area contributed by atoms with Crippen molar-refractivity contribution in [1.82, 2.24) is 0 Å². The minimum Gasteiger partial charge on any atom is -0.465 e. The average Bonchev–Trinajstić information content (AvgIpc) is 2.87. The lowest BCUT2D eigenvalue weighted by molar-refractivity contribution is -0.145. The van der Waals surface area contributed by atoms with Crippen LogP contribution in [0.15, 0.2) is 48.5 Å². The predicted molar refractivity (Wildman–Crippen MR) is 83.6 cm³/mol. The molecule has 0 radical (unpaired) electrons. The van der Waals surface area contributed by atoms with Crippen molar-refractivity contribution >= 4 is 23.3 Å². The Kier molecular flexibility index (Phi) is 3.84. The molecule has 1 aliphatic rings. The molecule has 3 rings (SSSR count). The molecule has 2 aromatic carbocycles. The fraction of sp³-hybridized carbons (Fsp3) is 0.235. The molecule has 1 aliphatic heterocycles.